The van der Waals surface area contributed by atoms with Gasteiger partial charge in [0.2, 0.25) is 0 Å². The maximum Gasteiger partial charge on any atom is 0.323 e. The van der Waals surface area contributed by atoms with Gasteiger partial charge in [-0.25, -0.2) is 0 Å². The van der Waals surface area contributed by atoms with Gasteiger partial charge in [-0.1, -0.05) is 39.5 Å². The SMILES string of the molecule is COC(=O)C(N)C(C)(C)CC1CCCC1. The molecule has 0 aromatic carbocycles. The molecular formula is C12H23NO2. The second-order valence-corrected chi connectivity index (χ2v) is 5.34. The van der Waals surface area contributed by atoms with Crippen LogP contribution in [0.5, 0.6) is 0 Å². The topological polar surface area (TPSA) is 52.3 Å². The summed E-state index contributed by atoms with van der Waals surface area (Å²) in [6.07, 6.45) is 6.26. The summed E-state index contributed by atoms with van der Waals surface area (Å²) in [5, 5.41) is 0. The van der Waals surface area contributed by atoms with Gasteiger partial charge in [0.25, 0.3) is 0 Å². The van der Waals surface area contributed by atoms with Gasteiger partial charge >= 0.3 is 5.97 Å². The van der Waals surface area contributed by atoms with Gasteiger partial charge in [-0.3, -0.25) is 4.79 Å². The predicted octanol–water partition coefficient (Wildman–Crippen LogP) is 2.09. The van der Waals surface area contributed by atoms with Gasteiger partial charge in [0.15, 0.2) is 0 Å². The Morgan fingerprint density at radius 2 is 2.00 bits per heavy atom. The number of nitrogens with two attached hydrogens (primary N) is 1. The van der Waals surface area contributed by atoms with E-state index in [0.717, 1.165) is 12.3 Å². The van der Waals surface area contributed by atoms with Gasteiger partial charge in [0.1, 0.15) is 6.04 Å². The van der Waals surface area contributed by atoms with Crippen molar-refractivity contribution in [2.45, 2.75) is 52.0 Å². The van der Waals surface area contributed by atoms with E-state index in [-0.39, 0.29) is 11.4 Å². The lowest BCUT2D eigenvalue weighted by molar-refractivity contribution is -0.145. The van der Waals surface area contributed by atoms with E-state index in [9.17, 15) is 4.79 Å². The fraction of sp³-hybridized carbons (Fsp3) is 0.917. The van der Waals surface area contributed by atoms with Gasteiger partial charge in [0.05, 0.1) is 7.11 Å². The molecule has 88 valence electrons. The molecule has 0 heterocycles. The molecule has 1 rings (SSSR count). The van der Waals surface area contributed by atoms with Gasteiger partial charge in [-0.15, -0.1) is 0 Å². The number of ether oxygens (including phenoxy) is 1. The molecular weight excluding hydrogens is 190 g/mol. The molecule has 1 unspecified atom stereocenters. The highest BCUT2D eigenvalue weighted by Gasteiger charge is 2.35. The molecule has 3 nitrogen and oxygen atoms in total. The predicted molar refractivity (Wildman–Crippen MR) is 60.3 cm³/mol. The Kier molecular flexibility index (Phi) is 4.14. The summed E-state index contributed by atoms with van der Waals surface area (Å²) in [4.78, 5) is 11.4. The van der Waals surface area contributed by atoms with E-state index < -0.39 is 6.04 Å². The first-order chi connectivity index (χ1) is 6.97. The average Bonchev–Trinajstić information content (AvgIpc) is 2.67. The van der Waals surface area contributed by atoms with Crippen LogP contribution in [0.1, 0.15) is 46.0 Å². The quantitative estimate of drug-likeness (QED) is 0.727. The van der Waals surface area contributed by atoms with Gasteiger partial charge in [-0.2, -0.15) is 0 Å². The molecule has 1 atom stereocenters. The summed E-state index contributed by atoms with van der Waals surface area (Å²) in [6.45, 7) is 4.12. The van der Waals surface area contributed by atoms with Gasteiger partial charge in [0, 0.05) is 0 Å². The molecule has 1 fully saturated rings. The fourth-order valence-electron chi connectivity index (χ4n) is 2.53. The Bertz CT molecular complexity index is 220. The highest BCUT2D eigenvalue weighted by atomic mass is 16.5. The number of carbonyl (C=O) groups is 1. The number of rotatable bonds is 4. The third-order valence-electron chi connectivity index (χ3n) is 3.59. The van der Waals surface area contributed by atoms with Crippen LogP contribution < -0.4 is 5.73 Å². The highest BCUT2D eigenvalue weighted by molar-refractivity contribution is 5.76. The molecule has 1 saturated carbocycles. The lowest BCUT2D eigenvalue weighted by Gasteiger charge is -2.32. The molecule has 0 spiro atoms. The minimum atomic E-state index is -0.497. The van der Waals surface area contributed by atoms with E-state index in [2.05, 4.69) is 13.8 Å². The van der Waals surface area contributed by atoms with Crippen LogP contribution >= 0.6 is 0 Å². The summed E-state index contributed by atoms with van der Waals surface area (Å²) in [6, 6.07) is -0.497. The molecule has 2 N–H and O–H groups in total. The van der Waals surface area contributed by atoms with Crippen molar-refractivity contribution >= 4 is 5.97 Å². The third kappa shape index (κ3) is 3.20. The van der Waals surface area contributed by atoms with Crippen LogP contribution in [0.4, 0.5) is 0 Å². The zero-order valence-corrected chi connectivity index (χ0v) is 10.1. The average molecular weight is 213 g/mol. The molecule has 3 heteroatoms. The Morgan fingerprint density at radius 1 is 1.47 bits per heavy atom. The molecule has 1 aliphatic carbocycles. The second-order valence-electron chi connectivity index (χ2n) is 5.34. The third-order valence-corrected chi connectivity index (χ3v) is 3.59. The first-order valence-corrected chi connectivity index (χ1v) is 5.81. The van der Waals surface area contributed by atoms with Crippen molar-refractivity contribution in [2.24, 2.45) is 17.1 Å². The second kappa shape index (κ2) is 4.97. The normalized spacial score (nSPS) is 20.3. The van der Waals surface area contributed by atoms with Crippen molar-refractivity contribution < 1.29 is 9.53 Å². The largest absolute Gasteiger partial charge is 0.468 e. The number of methoxy groups -OCH3 is 1. The van der Waals surface area contributed by atoms with Crippen molar-refractivity contribution in [1.82, 2.24) is 0 Å². The van der Waals surface area contributed by atoms with Crippen molar-refractivity contribution in [3.8, 4) is 0 Å². The number of hydrogen-bond donors (Lipinski definition) is 1. The number of carbonyl (C=O) groups excluding carboxylic acids is 1. The smallest absolute Gasteiger partial charge is 0.323 e. The molecule has 0 aliphatic heterocycles. The molecule has 1 aliphatic rings. The maximum absolute atomic E-state index is 11.4. The summed E-state index contributed by atoms with van der Waals surface area (Å²) in [5.74, 6) is 0.453. The zero-order chi connectivity index (χ0) is 11.5. The minimum Gasteiger partial charge on any atom is -0.468 e. The highest BCUT2D eigenvalue weighted by Crippen LogP contribution is 2.37. The molecule has 15 heavy (non-hydrogen) atoms. The minimum absolute atomic E-state index is 0.151. The van der Waals surface area contributed by atoms with Crippen LogP contribution in [-0.2, 0) is 9.53 Å². The van der Waals surface area contributed by atoms with Crippen LogP contribution in [0, 0.1) is 11.3 Å². The summed E-state index contributed by atoms with van der Waals surface area (Å²) in [5.41, 5.74) is 5.76. The lowest BCUT2D eigenvalue weighted by atomic mass is 9.76. The van der Waals surface area contributed by atoms with Crippen molar-refractivity contribution in [2.75, 3.05) is 7.11 Å². The van der Waals surface area contributed by atoms with Crippen LogP contribution in [-0.4, -0.2) is 19.1 Å². The molecule has 0 aromatic rings. The van der Waals surface area contributed by atoms with E-state index in [1.54, 1.807) is 0 Å². The van der Waals surface area contributed by atoms with Crippen molar-refractivity contribution in [3.05, 3.63) is 0 Å². The standard InChI is InChI=1S/C12H23NO2/c1-12(2,10(13)11(14)15-3)8-9-6-4-5-7-9/h9-10H,4-8,13H2,1-3H3. The van der Waals surface area contributed by atoms with Crippen LogP contribution in [0.3, 0.4) is 0 Å². The first kappa shape index (κ1) is 12.5. The van der Waals surface area contributed by atoms with E-state index >= 15 is 0 Å². The Morgan fingerprint density at radius 3 is 2.47 bits per heavy atom. The fourth-order valence-corrected chi connectivity index (χ4v) is 2.53. The maximum atomic E-state index is 11.4. The Hall–Kier alpha value is -0.570. The summed E-state index contributed by atoms with van der Waals surface area (Å²) >= 11 is 0. The number of hydrogen-bond acceptors (Lipinski definition) is 3. The molecule has 0 aromatic heterocycles. The van der Waals surface area contributed by atoms with Gasteiger partial charge < -0.3 is 10.5 Å². The number of esters is 1. The van der Waals surface area contributed by atoms with Crippen molar-refractivity contribution in [1.29, 1.82) is 0 Å². The van der Waals surface area contributed by atoms with E-state index in [1.807, 2.05) is 0 Å². The molecule has 0 radical (unpaired) electrons. The van der Waals surface area contributed by atoms with Crippen molar-refractivity contribution in [3.63, 3.8) is 0 Å². The molecule has 0 amide bonds. The Labute approximate surface area is 92.4 Å². The van der Waals surface area contributed by atoms with E-state index in [1.165, 1.54) is 32.8 Å². The van der Waals surface area contributed by atoms with Crippen LogP contribution in [0.25, 0.3) is 0 Å². The van der Waals surface area contributed by atoms with E-state index in [4.69, 9.17) is 10.5 Å². The first-order valence-electron chi connectivity index (χ1n) is 5.81. The molecule has 0 saturated heterocycles. The monoisotopic (exact) mass is 213 g/mol. The van der Waals surface area contributed by atoms with Crippen LogP contribution in [0.2, 0.25) is 0 Å². The van der Waals surface area contributed by atoms with E-state index in [0.29, 0.717) is 0 Å². The van der Waals surface area contributed by atoms with Crippen LogP contribution in [0.15, 0.2) is 0 Å². The van der Waals surface area contributed by atoms with Gasteiger partial charge in [-0.05, 0) is 17.8 Å². The zero-order valence-electron chi connectivity index (χ0n) is 10.1. The lowest BCUT2D eigenvalue weighted by Crippen LogP contribution is -2.45. The summed E-state index contributed by atoms with van der Waals surface area (Å²) < 4.78 is 4.70. The molecule has 0 bridgehead atoms. The summed E-state index contributed by atoms with van der Waals surface area (Å²) in [7, 11) is 1.40. The Balaban J connectivity index is 2.52.